The lowest BCUT2D eigenvalue weighted by molar-refractivity contribution is 0.242. The number of urea groups is 1. The van der Waals surface area contributed by atoms with E-state index in [1.807, 2.05) is 58.0 Å². The van der Waals surface area contributed by atoms with Gasteiger partial charge in [-0.25, -0.2) is 13.9 Å². The second-order valence-corrected chi connectivity index (χ2v) is 6.68. The average molecular weight is 382 g/mol. The first-order chi connectivity index (χ1) is 13.3. The number of halogens is 1. The summed E-state index contributed by atoms with van der Waals surface area (Å²) in [6, 6.07) is 13.2. The van der Waals surface area contributed by atoms with Gasteiger partial charge in [-0.05, 0) is 52.0 Å². The van der Waals surface area contributed by atoms with Gasteiger partial charge in [-0.3, -0.25) is 0 Å². The number of nitrogens with zero attached hydrogens (tertiary/aromatic N) is 2. The number of carbonyl (C=O) groups is 1. The average Bonchev–Trinajstić information content (AvgIpc) is 2.92. The Hall–Kier alpha value is -3.35. The fourth-order valence-electron chi connectivity index (χ4n) is 2.86. The highest BCUT2D eigenvalue weighted by Gasteiger charge is 2.16. The molecule has 0 bridgehead atoms. The number of carbonyl (C=O) groups excluding carboxylic acids is 1. The minimum Gasteiger partial charge on any atom is -0.489 e. The van der Waals surface area contributed by atoms with E-state index in [-0.39, 0.29) is 11.9 Å². The zero-order valence-corrected chi connectivity index (χ0v) is 16.3. The maximum atomic E-state index is 13.5. The van der Waals surface area contributed by atoms with Crippen molar-refractivity contribution in [3.05, 3.63) is 65.7 Å². The molecule has 0 atom stereocenters. The summed E-state index contributed by atoms with van der Waals surface area (Å²) < 4.78 is 20.9. The van der Waals surface area contributed by atoms with Crippen LogP contribution < -0.4 is 15.4 Å². The summed E-state index contributed by atoms with van der Waals surface area (Å²) in [5.41, 5.74) is 3.40. The van der Waals surface area contributed by atoms with Crippen molar-refractivity contribution in [2.24, 2.45) is 0 Å². The van der Waals surface area contributed by atoms with Gasteiger partial charge < -0.3 is 15.4 Å². The van der Waals surface area contributed by atoms with Crippen LogP contribution in [0.25, 0.3) is 5.69 Å². The molecule has 7 heteroatoms. The van der Waals surface area contributed by atoms with E-state index in [2.05, 4.69) is 15.7 Å². The van der Waals surface area contributed by atoms with Gasteiger partial charge in [0, 0.05) is 6.07 Å². The van der Waals surface area contributed by atoms with Gasteiger partial charge in [-0.15, -0.1) is 0 Å². The van der Waals surface area contributed by atoms with Crippen LogP contribution in [0.2, 0.25) is 0 Å². The van der Waals surface area contributed by atoms with Crippen LogP contribution in [-0.2, 0) is 0 Å². The molecule has 0 saturated heterocycles. The topological polar surface area (TPSA) is 68.2 Å². The first-order valence-corrected chi connectivity index (χ1v) is 9.01. The molecule has 1 aromatic heterocycles. The molecule has 0 spiro atoms. The van der Waals surface area contributed by atoms with Crippen molar-refractivity contribution in [3.8, 4) is 11.4 Å². The third kappa shape index (κ3) is 4.31. The van der Waals surface area contributed by atoms with Gasteiger partial charge >= 0.3 is 6.03 Å². The molecule has 3 aromatic rings. The monoisotopic (exact) mass is 382 g/mol. The molecule has 28 heavy (non-hydrogen) atoms. The van der Waals surface area contributed by atoms with E-state index >= 15 is 0 Å². The van der Waals surface area contributed by atoms with E-state index in [1.165, 1.54) is 18.2 Å². The quantitative estimate of drug-likeness (QED) is 0.648. The van der Waals surface area contributed by atoms with Gasteiger partial charge in [0.25, 0.3) is 0 Å². The third-order valence-corrected chi connectivity index (χ3v) is 4.09. The molecule has 0 aliphatic rings. The van der Waals surface area contributed by atoms with Crippen LogP contribution in [-0.4, -0.2) is 21.9 Å². The Balaban J connectivity index is 1.80. The van der Waals surface area contributed by atoms with Gasteiger partial charge in [0.15, 0.2) is 0 Å². The normalized spacial score (nSPS) is 10.8. The summed E-state index contributed by atoms with van der Waals surface area (Å²) >= 11 is 0. The molecule has 2 aromatic carbocycles. The largest absolute Gasteiger partial charge is 0.489 e. The summed E-state index contributed by atoms with van der Waals surface area (Å²) in [5.74, 6) is -0.156. The Morgan fingerprint density at radius 1 is 1.11 bits per heavy atom. The molecule has 0 aliphatic heterocycles. The highest BCUT2D eigenvalue weighted by molar-refractivity contribution is 6.01. The smallest absolute Gasteiger partial charge is 0.323 e. The number of para-hydroxylation sites is 1. The lowest BCUT2D eigenvalue weighted by atomic mass is 10.2. The molecule has 3 rings (SSSR count). The number of aryl methyl sites for hydroxylation is 1. The van der Waals surface area contributed by atoms with Crippen molar-refractivity contribution < 1.29 is 13.9 Å². The first-order valence-electron chi connectivity index (χ1n) is 9.01. The number of benzene rings is 2. The van der Waals surface area contributed by atoms with Crippen molar-refractivity contribution >= 4 is 17.4 Å². The Labute approximate surface area is 163 Å². The van der Waals surface area contributed by atoms with E-state index in [0.717, 1.165) is 11.4 Å². The lowest BCUT2D eigenvalue weighted by Gasteiger charge is -2.15. The van der Waals surface area contributed by atoms with Crippen LogP contribution in [0.1, 0.15) is 25.2 Å². The number of hydrogen-bond acceptors (Lipinski definition) is 3. The number of hydrogen-bond donors (Lipinski definition) is 2. The van der Waals surface area contributed by atoms with Gasteiger partial charge in [-0.1, -0.05) is 18.2 Å². The second-order valence-electron chi connectivity index (χ2n) is 6.68. The van der Waals surface area contributed by atoms with Crippen molar-refractivity contribution in [1.82, 2.24) is 9.78 Å². The zero-order chi connectivity index (χ0) is 20.3. The number of aromatic nitrogens is 2. The van der Waals surface area contributed by atoms with Crippen LogP contribution in [0.3, 0.4) is 0 Å². The number of nitrogens with one attached hydrogen (secondary N) is 2. The van der Waals surface area contributed by atoms with Crippen LogP contribution in [0, 0.1) is 19.7 Å². The fraction of sp³-hybridized carbons (Fsp3) is 0.238. The first kappa shape index (κ1) is 19.4. The Morgan fingerprint density at radius 2 is 1.82 bits per heavy atom. The molecule has 1 heterocycles. The Kier molecular flexibility index (Phi) is 5.63. The van der Waals surface area contributed by atoms with E-state index in [1.54, 1.807) is 4.68 Å². The molecule has 0 unspecified atom stereocenters. The van der Waals surface area contributed by atoms with Gasteiger partial charge in [0.2, 0.25) is 0 Å². The lowest BCUT2D eigenvalue weighted by Crippen LogP contribution is -2.21. The van der Waals surface area contributed by atoms with Crippen LogP contribution in [0.15, 0.2) is 48.5 Å². The molecule has 0 radical (unpaired) electrons. The van der Waals surface area contributed by atoms with E-state index in [0.29, 0.717) is 17.1 Å². The van der Waals surface area contributed by atoms with E-state index < -0.39 is 11.8 Å². The molecule has 0 aliphatic carbocycles. The highest BCUT2D eigenvalue weighted by Crippen LogP contribution is 2.28. The predicted molar refractivity (Wildman–Crippen MR) is 108 cm³/mol. The van der Waals surface area contributed by atoms with Crippen molar-refractivity contribution in [2.75, 3.05) is 10.6 Å². The van der Waals surface area contributed by atoms with Gasteiger partial charge in [0.1, 0.15) is 11.6 Å². The molecule has 2 amide bonds. The molecular weight excluding hydrogens is 359 g/mol. The fourth-order valence-corrected chi connectivity index (χ4v) is 2.86. The van der Waals surface area contributed by atoms with Crippen LogP contribution in [0.5, 0.6) is 5.75 Å². The summed E-state index contributed by atoms with van der Waals surface area (Å²) in [4.78, 5) is 12.5. The molecule has 0 fully saturated rings. The number of ether oxygens (including phenoxy) is 1. The number of amides is 2. The van der Waals surface area contributed by atoms with E-state index in [4.69, 9.17) is 4.74 Å². The van der Waals surface area contributed by atoms with Crippen molar-refractivity contribution in [1.29, 1.82) is 0 Å². The highest BCUT2D eigenvalue weighted by atomic mass is 19.1. The van der Waals surface area contributed by atoms with Crippen LogP contribution >= 0.6 is 0 Å². The SMILES string of the molecule is Cc1nn(-c2ccccc2)c(C)c1NC(=O)Nc1ccc(F)cc1OC(C)C. The summed E-state index contributed by atoms with van der Waals surface area (Å²) in [7, 11) is 0. The van der Waals surface area contributed by atoms with Crippen LogP contribution in [0.4, 0.5) is 20.6 Å². The van der Waals surface area contributed by atoms with E-state index in [9.17, 15) is 9.18 Å². The third-order valence-electron chi connectivity index (χ3n) is 4.09. The maximum Gasteiger partial charge on any atom is 0.323 e. The number of rotatable bonds is 5. The summed E-state index contributed by atoms with van der Waals surface area (Å²) in [6.07, 6.45) is -0.154. The van der Waals surface area contributed by atoms with Gasteiger partial charge in [0.05, 0.1) is 34.6 Å². The summed E-state index contributed by atoms with van der Waals surface area (Å²) in [6.45, 7) is 7.37. The second kappa shape index (κ2) is 8.12. The molecular formula is C21H23FN4O2. The minimum absolute atomic E-state index is 0.154. The zero-order valence-electron chi connectivity index (χ0n) is 16.3. The summed E-state index contributed by atoms with van der Waals surface area (Å²) in [5, 5.41) is 10.1. The standard InChI is InChI=1S/C21H23FN4O2/c1-13(2)28-19-12-16(22)10-11-18(19)23-21(27)24-20-14(3)25-26(15(20)4)17-8-6-5-7-9-17/h5-13H,1-4H3,(H2,23,24,27). The van der Waals surface area contributed by atoms with Crippen molar-refractivity contribution in [2.45, 2.75) is 33.8 Å². The molecule has 6 nitrogen and oxygen atoms in total. The van der Waals surface area contributed by atoms with Gasteiger partial charge in [-0.2, -0.15) is 5.10 Å². The number of anilines is 2. The maximum absolute atomic E-state index is 13.5. The molecule has 2 N–H and O–H groups in total. The molecule has 146 valence electrons. The Morgan fingerprint density at radius 3 is 2.50 bits per heavy atom. The Bertz CT molecular complexity index is 984. The van der Waals surface area contributed by atoms with Crippen molar-refractivity contribution in [3.63, 3.8) is 0 Å². The minimum atomic E-state index is -0.459. The predicted octanol–water partition coefficient (Wildman–Crippen LogP) is 5.06. The molecule has 0 saturated carbocycles.